The fraction of sp³-hybridized carbons (Fsp3) is 0.118. The Morgan fingerprint density at radius 1 is 1.24 bits per heavy atom. The Morgan fingerprint density at radius 3 is 2.86 bits per heavy atom. The van der Waals surface area contributed by atoms with Gasteiger partial charge in [-0.25, -0.2) is 4.39 Å². The highest BCUT2D eigenvalue weighted by molar-refractivity contribution is 6.35. The van der Waals surface area contributed by atoms with Crippen molar-refractivity contribution in [3.8, 4) is 5.75 Å². The smallest absolute Gasteiger partial charge is 0.256 e. The number of hydrogen-bond donors (Lipinski definition) is 1. The molecule has 0 aromatic heterocycles. The van der Waals surface area contributed by atoms with E-state index in [9.17, 15) is 9.18 Å². The summed E-state index contributed by atoms with van der Waals surface area (Å²) >= 11 is 0. The number of nitrogens with one attached hydrogen (secondary N) is 1. The first kappa shape index (κ1) is 13.4. The van der Waals surface area contributed by atoms with Crippen molar-refractivity contribution in [1.82, 2.24) is 0 Å². The van der Waals surface area contributed by atoms with Crippen LogP contribution in [0.3, 0.4) is 0 Å². The minimum atomic E-state index is -0.366. The van der Waals surface area contributed by atoms with Gasteiger partial charge in [0.25, 0.3) is 5.91 Å². The van der Waals surface area contributed by atoms with E-state index in [4.69, 9.17) is 4.74 Å². The zero-order chi connectivity index (χ0) is 14.8. The minimum absolute atomic E-state index is 0.234. The molecule has 0 unspecified atom stereocenters. The number of anilines is 1. The Kier molecular flexibility index (Phi) is 3.44. The maximum absolute atomic E-state index is 13.4. The minimum Gasteiger partial charge on any atom is -0.493 e. The predicted molar refractivity (Wildman–Crippen MR) is 80.5 cm³/mol. The molecule has 4 heteroatoms. The van der Waals surface area contributed by atoms with E-state index in [-0.39, 0.29) is 11.7 Å². The molecule has 3 rings (SSSR count). The fourth-order valence-electron chi connectivity index (χ4n) is 2.35. The van der Waals surface area contributed by atoms with E-state index in [0.29, 0.717) is 29.2 Å². The van der Waals surface area contributed by atoms with Gasteiger partial charge in [-0.15, -0.1) is 0 Å². The number of rotatable bonds is 3. The van der Waals surface area contributed by atoms with Gasteiger partial charge in [-0.1, -0.05) is 18.2 Å². The molecule has 3 nitrogen and oxygen atoms in total. The van der Waals surface area contributed by atoms with Crippen LogP contribution >= 0.6 is 0 Å². The van der Waals surface area contributed by atoms with Gasteiger partial charge in [0, 0.05) is 22.4 Å². The average Bonchev–Trinajstić information content (AvgIpc) is 2.77. The maximum atomic E-state index is 13.4. The van der Waals surface area contributed by atoms with Crippen LogP contribution in [0.25, 0.3) is 11.6 Å². The molecule has 0 spiro atoms. The molecule has 2 aromatic rings. The van der Waals surface area contributed by atoms with E-state index in [1.165, 1.54) is 12.1 Å². The third-order valence-electron chi connectivity index (χ3n) is 3.28. The lowest BCUT2D eigenvalue weighted by atomic mass is 10.0. The maximum Gasteiger partial charge on any atom is 0.256 e. The first-order chi connectivity index (χ1) is 10.2. The van der Waals surface area contributed by atoms with Crippen molar-refractivity contribution < 1.29 is 13.9 Å². The second-order valence-electron chi connectivity index (χ2n) is 4.67. The van der Waals surface area contributed by atoms with Crippen molar-refractivity contribution in [3.05, 3.63) is 59.4 Å². The second-order valence-corrected chi connectivity index (χ2v) is 4.67. The van der Waals surface area contributed by atoms with E-state index < -0.39 is 0 Å². The van der Waals surface area contributed by atoms with Crippen LogP contribution in [0, 0.1) is 5.82 Å². The van der Waals surface area contributed by atoms with Gasteiger partial charge in [-0.2, -0.15) is 0 Å². The largest absolute Gasteiger partial charge is 0.493 e. The van der Waals surface area contributed by atoms with Gasteiger partial charge in [0.15, 0.2) is 0 Å². The number of fused-ring (bicyclic) bond motifs is 1. The van der Waals surface area contributed by atoms with Crippen LogP contribution in [0.2, 0.25) is 0 Å². The summed E-state index contributed by atoms with van der Waals surface area (Å²) in [6.07, 6.45) is 1.73. The van der Waals surface area contributed by atoms with Crippen molar-refractivity contribution in [1.29, 1.82) is 0 Å². The average molecular weight is 283 g/mol. The molecule has 0 radical (unpaired) electrons. The van der Waals surface area contributed by atoms with Crippen molar-refractivity contribution in [2.45, 2.75) is 6.92 Å². The lowest BCUT2D eigenvalue weighted by Crippen LogP contribution is -2.03. The molecule has 0 saturated carbocycles. The van der Waals surface area contributed by atoms with Crippen molar-refractivity contribution >= 4 is 23.2 Å². The van der Waals surface area contributed by atoms with E-state index >= 15 is 0 Å². The van der Waals surface area contributed by atoms with Crippen LogP contribution in [0.1, 0.15) is 18.1 Å². The quantitative estimate of drug-likeness (QED) is 0.872. The van der Waals surface area contributed by atoms with Crippen LogP contribution in [-0.4, -0.2) is 12.5 Å². The third kappa shape index (κ3) is 2.52. The Labute approximate surface area is 122 Å². The van der Waals surface area contributed by atoms with Crippen molar-refractivity contribution in [2.75, 3.05) is 11.9 Å². The summed E-state index contributed by atoms with van der Waals surface area (Å²) in [6, 6.07) is 11.7. The van der Waals surface area contributed by atoms with Gasteiger partial charge in [-0.3, -0.25) is 4.79 Å². The first-order valence-corrected chi connectivity index (χ1v) is 6.74. The summed E-state index contributed by atoms with van der Waals surface area (Å²) in [5.74, 6) is 0.0984. The summed E-state index contributed by atoms with van der Waals surface area (Å²) in [5, 5.41) is 2.73. The standard InChI is InChI=1S/C17H14FNO2/c1-2-21-16-6-4-3-5-11(16)9-14-13-10-12(18)7-8-15(13)19-17(14)20/h3-10H,2H2,1H3,(H,19,20). The lowest BCUT2D eigenvalue weighted by molar-refractivity contribution is -0.110. The van der Waals surface area contributed by atoms with Gasteiger partial charge in [-0.05, 0) is 37.3 Å². The molecule has 0 fully saturated rings. The number of carbonyl (C=O) groups is 1. The highest BCUT2D eigenvalue weighted by Crippen LogP contribution is 2.34. The Balaban J connectivity index is 2.09. The molecule has 2 aromatic carbocycles. The SMILES string of the molecule is CCOc1ccccc1C=C1C(=O)Nc2ccc(F)cc21. The molecule has 1 N–H and O–H groups in total. The normalized spacial score (nSPS) is 15.0. The summed E-state index contributed by atoms with van der Waals surface area (Å²) in [5.41, 5.74) is 2.44. The topological polar surface area (TPSA) is 38.3 Å². The Morgan fingerprint density at radius 2 is 2.05 bits per heavy atom. The second kappa shape index (κ2) is 5.40. The Hall–Kier alpha value is -2.62. The van der Waals surface area contributed by atoms with Crippen LogP contribution in [0.15, 0.2) is 42.5 Å². The Bertz CT molecular complexity index is 737. The van der Waals surface area contributed by atoms with Crippen LogP contribution in [-0.2, 0) is 4.79 Å². The molecule has 1 amide bonds. The van der Waals surface area contributed by atoms with E-state index in [0.717, 1.165) is 5.56 Å². The number of ether oxygens (including phenoxy) is 1. The number of amides is 1. The van der Waals surface area contributed by atoms with Crippen LogP contribution < -0.4 is 10.1 Å². The zero-order valence-electron chi connectivity index (χ0n) is 11.5. The monoisotopic (exact) mass is 283 g/mol. The molecule has 1 heterocycles. The highest BCUT2D eigenvalue weighted by Gasteiger charge is 2.24. The van der Waals surface area contributed by atoms with Gasteiger partial charge >= 0.3 is 0 Å². The van der Waals surface area contributed by atoms with E-state index in [1.54, 1.807) is 12.1 Å². The molecule has 0 saturated heterocycles. The molecule has 0 bridgehead atoms. The number of hydrogen-bond acceptors (Lipinski definition) is 2. The molecule has 0 atom stereocenters. The van der Waals surface area contributed by atoms with Crippen molar-refractivity contribution in [2.24, 2.45) is 0 Å². The lowest BCUT2D eigenvalue weighted by Gasteiger charge is -2.07. The number of halogens is 1. The molecular weight excluding hydrogens is 269 g/mol. The summed E-state index contributed by atoms with van der Waals surface area (Å²) in [6.45, 7) is 2.44. The highest BCUT2D eigenvalue weighted by atomic mass is 19.1. The molecule has 1 aliphatic heterocycles. The summed E-state index contributed by atoms with van der Waals surface area (Å²) in [4.78, 5) is 12.1. The molecular formula is C17H14FNO2. The molecule has 1 aliphatic rings. The summed E-state index contributed by atoms with van der Waals surface area (Å²) in [7, 11) is 0. The number of carbonyl (C=O) groups excluding carboxylic acids is 1. The van der Waals surface area contributed by atoms with Gasteiger partial charge in [0.2, 0.25) is 0 Å². The number of para-hydroxylation sites is 1. The third-order valence-corrected chi connectivity index (χ3v) is 3.28. The predicted octanol–water partition coefficient (Wildman–Crippen LogP) is 3.72. The fourth-order valence-corrected chi connectivity index (χ4v) is 2.35. The van der Waals surface area contributed by atoms with Gasteiger partial charge in [0.1, 0.15) is 11.6 Å². The van der Waals surface area contributed by atoms with Crippen LogP contribution in [0.5, 0.6) is 5.75 Å². The number of benzene rings is 2. The summed E-state index contributed by atoms with van der Waals surface area (Å²) < 4.78 is 19.0. The zero-order valence-corrected chi connectivity index (χ0v) is 11.5. The van der Waals surface area contributed by atoms with Gasteiger partial charge in [0.05, 0.1) is 6.61 Å². The molecule has 0 aliphatic carbocycles. The van der Waals surface area contributed by atoms with Crippen molar-refractivity contribution in [3.63, 3.8) is 0 Å². The van der Waals surface area contributed by atoms with Crippen LogP contribution in [0.4, 0.5) is 10.1 Å². The molecule has 106 valence electrons. The van der Waals surface area contributed by atoms with E-state index in [1.807, 2.05) is 31.2 Å². The molecule has 21 heavy (non-hydrogen) atoms. The van der Waals surface area contributed by atoms with E-state index in [2.05, 4.69) is 5.32 Å². The van der Waals surface area contributed by atoms with Gasteiger partial charge < -0.3 is 10.1 Å². The first-order valence-electron chi connectivity index (χ1n) is 6.74.